The van der Waals surface area contributed by atoms with Gasteiger partial charge in [-0.2, -0.15) is 5.26 Å². The number of rotatable bonds is 7. The van der Waals surface area contributed by atoms with Crippen molar-refractivity contribution in [2.24, 2.45) is 0 Å². The molecule has 0 radical (unpaired) electrons. The lowest BCUT2D eigenvalue weighted by Gasteiger charge is -2.11. The highest BCUT2D eigenvalue weighted by atomic mass is 35.5. The van der Waals surface area contributed by atoms with Gasteiger partial charge in [-0.15, -0.1) is 0 Å². The molecule has 2 rings (SSSR count). The first-order valence-electron chi connectivity index (χ1n) is 7.94. The number of benzene rings is 2. The highest BCUT2D eigenvalue weighted by Crippen LogP contribution is 2.29. The quantitative estimate of drug-likeness (QED) is 0.303. The fourth-order valence-electron chi connectivity index (χ4n) is 2.12. The molecule has 0 aromatic heterocycles. The van der Waals surface area contributed by atoms with Crippen molar-refractivity contribution in [1.29, 1.82) is 5.26 Å². The third-order valence-electron chi connectivity index (χ3n) is 3.43. The molecular formula is C20H16ClNO6. The molecule has 0 heterocycles. The molecular weight excluding hydrogens is 386 g/mol. The van der Waals surface area contributed by atoms with Crippen LogP contribution in [-0.4, -0.2) is 32.8 Å². The van der Waals surface area contributed by atoms with Crippen molar-refractivity contribution in [2.75, 3.05) is 20.8 Å². The Balaban J connectivity index is 2.10. The van der Waals surface area contributed by atoms with Crippen LogP contribution in [0.1, 0.15) is 5.56 Å². The minimum atomic E-state index is -0.756. The van der Waals surface area contributed by atoms with Gasteiger partial charge in [0.1, 0.15) is 17.4 Å². The van der Waals surface area contributed by atoms with E-state index in [0.717, 1.165) is 0 Å². The van der Waals surface area contributed by atoms with E-state index in [-0.39, 0.29) is 23.7 Å². The van der Waals surface area contributed by atoms with Gasteiger partial charge in [-0.1, -0.05) is 29.8 Å². The third-order valence-corrected chi connectivity index (χ3v) is 3.74. The Kier molecular flexibility index (Phi) is 7.43. The molecule has 0 bridgehead atoms. The lowest BCUT2D eigenvalue weighted by Crippen LogP contribution is -2.18. The standard InChI is InChI=1S/C20H16ClNO6/c1-25-18-10-13(9-14(11-22)20(24)26-2)7-8-17(18)28-19(23)12-27-16-6-4-3-5-15(16)21/h3-10H,12H2,1-2H3/b14-9+. The summed E-state index contributed by atoms with van der Waals surface area (Å²) in [6.07, 6.45) is 1.33. The summed E-state index contributed by atoms with van der Waals surface area (Å²) in [6.45, 7) is -0.352. The number of carbonyl (C=O) groups is 2. The van der Waals surface area contributed by atoms with Crippen molar-refractivity contribution in [3.8, 4) is 23.3 Å². The molecule has 0 aliphatic rings. The Morgan fingerprint density at radius 3 is 2.50 bits per heavy atom. The Hall–Kier alpha value is -3.50. The van der Waals surface area contributed by atoms with Gasteiger partial charge in [-0.05, 0) is 35.9 Å². The predicted octanol–water partition coefficient (Wildman–Crippen LogP) is 3.41. The Morgan fingerprint density at radius 1 is 1.11 bits per heavy atom. The number of hydrogen-bond donors (Lipinski definition) is 0. The lowest BCUT2D eigenvalue weighted by atomic mass is 10.1. The smallest absolute Gasteiger partial charge is 0.349 e. The SMILES string of the molecule is COC(=O)/C(C#N)=C/c1ccc(OC(=O)COc2ccccc2Cl)c(OC)c1. The number of carbonyl (C=O) groups excluding carboxylic acids is 2. The molecule has 28 heavy (non-hydrogen) atoms. The van der Waals surface area contributed by atoms with Gasteiger partial charge in [0.15, 0.2) is 18.1 Å². The van der Waals surface area contributed by atoms with Gasteiger partial charge in [0.05, 0.1) is 19.2 Å². The highest BCUT2D eigenvalue weighted by molar-refractivity contribution is 6.32. The molecule has 0 atom stereocenters. The molecule has 0 unspecified atom stereocenters. The molecule has 0 amide bonds. The van der Waals surface area contributed by atoms with Crippen LogP contribution in [-0.2, 0) is 14.3 Å². The molecule has 2 aromatic rings. The number of methoxy groups -OCH3 is 2. The van der Waals surface area contributed by atoms with E-state index < -0.39 is 11.9 Å². The van der Waals surface area contributed by atoms with Crippen molar-refractivity contribution >= 4 is 29.6 Å². The van der Waals surface area contributed by atoms with Crippen molar-refractivity contribution in [3.63, 3.8) is 0 Å². The zero-order valence-electron chi connectivity index (χ0n) is 15.1. The van der Waals surface area contributed by atoms with E-state index in [1.54, 1.807) is 36.4 Å². The fourth-order valence-corrected chi connectivity index (χ4v) is 2.31. The largest absolute Gasteiger partial charge is 0.493 e. The average molecular weight is 402 g/mol. The Morgan fingerprint density at radius 2 is 1.86 bits per heavy atom. The van der Waals surface area contributed by atoms with E-state index in [9.17, 15) is 9.59 Å². The van der Waals surface area contributed by atoms with Crippen molar-refractivity contribution in [2.45, 2.75) is 0 Å². The zero-order chi connectivity index (χ0) is 20.5. The van der Waals surface area contributed by atoms with Crippen molar-refractivity contribution < 1.29 is 28.5 Å². The number of nitriles is 1. The first-order valence-corrected chi connectivity index (χ1v) is 8.32. The van der Waals surface area contributed by atoms with Crippen LogP contribution in [0.2, 0.25) is 5.02 Å². The second-order valence-electron chi connectivity index (χ2n) is 5.26. The van der Waals surface area contributed by atoms with E-state index >= 15 is 0 Å². The number of nitrogens with zero attached hydrogens (tertiary/aromatic N) is 1. The van der Waals surface area contributed by atoms with Crippen LogP contribution in [0, 0.1) is 11.3 Å². The average Bonchev–Trinajstić information content (AvgIpc) is 2.71. The molecule has 2 aromatic carbocycles. The van der Waals surface area contributed by atoms with Crippen LogP contribution < -0.4 is 14.2 Å². The minimum absolute atomic E-state index is 0.156. The highest BCUT2D eigenvalue weighted by Gasteiger charge is 2.14. The van der Waals surface area contributed by atoms with Crippen LogP contribution in [0.4, 0.5) is 0 Å². The molecule has 8 heteroatoms. The number of ether oxygens (including phenoxy) is 4. The van der Waals surface area contributed by atoms with Crippen molar-refractivity contribution in [1.82, 2.24) is 0 Å². The predicted molar refractivity (Wildman–Crippen MR) is 101 cm³/mol. The minimum Gasteiger partial charge on any atom is -0.493 e. The third kappa shape index (κ3) is 5.50. The molecule has 0 aliphatic heterocycles. The van der Waals surface area contributed by atoms with Gasteiger partial charge in [0.25, 0.3) is 0 Å². The summed E-state index contributed by atoms with van der Waals surface area (Å²) in [6, 6.07) is 13.0. The van der Waals surface area contributed by atoms with Gasteiger partial charge in [0, 0.05) is 0 Å². The van der Waals surface area contributed by atoms with E-state index in [1.807, 2.05) is 0 Å². The first-order chi connectivity index (χ1) is 13.5. The summed E-state index contributed by atoms with van der Waals surface area (Å²) in [7, 11) is 2.58. The van der Waals surface area contributed by atoms with E-state index in [0.29, 0.717) is 16.3 Å². The lowest BCUT2D eigenvalue weighted by molar-refractivity contribution is -0.137. The molecule has 144 valence electrons. The number of esters is 2. The molecule has 0 fully saturated rings. The van der Waals surface area contributed by atoms with Crippen LogP contribution in [0.25, 0.3) is 6.08 Å². The maximum absolute atomic E-state index is 12.0. The molecule has 0 aliphatic carbocycles. The van der Waals surface area contributed by atoms with Crippen LogP contribution in [0.3, 0.4) is 0 Å². The topological polar surface area (TPSA) is 94.9 Å². The normalized spacial score (nSPS) is 10.6. The van der Waals surface area contributed by atoms with Crippen LogP contribution in [0.15, 0.2) is 48.0 Å². The van der Waals surface area contributed by atoms with Crippen molar-refractivity contribution in [3.05, 3.63) is 58.6 Å². The van der Waals surface area contributed by atoms with Gasteiger partial charge in [-0.3, -0.25) is 0 Å². The maximum atomic E-state index is 12.0. The van der Waals surface area contributed by atoms with Gasteiger partial charge < -0.3 is 18.9 Å². The summed E-state index contributed by atoms with van der Waals surface area (Å²) in [4.78, 5) is 23.5. The van der Waals surface area contributed by atoms with Crippen LogP contribution >= 0.6 is 11.6 Å². The molecule has 0 saturated carbocycles. The molecule has 7 nitrogen and oxygen atoms in total. The second kappa shape index (κ2) is 10.00. The van der Waals surface area contributed by atoms with Gasteiger partial charge in [0.2, 0.25) is 0 Å². The Bertz CT molecular complexity index is 948. The first kappa shape index (κ1) is 20.8. The second-order valence-corrected chi connectivity index (χ2v) is 5.67. The zero-order valence-corrected chi connectivity index (χ0v) is 15.9. The van der Waals surface area contributed by atoms with Crippen LogP contribution in [0.5, 0.6) is 17.2 Å². The van der Waals surface area contributed by atoms with E-state index in [1.165, 1.54) is 32.4 Å². The summed E-state index contributed by atoms with van der Waals surface area (Å²) in [5, 5.41) is 9.40. The Labute approximate surface area is 166 Å². The molecule has 0 saturated heterocycles. The van der Waals surface area contributed by atoms with E-state index in [2.05, 4.69) is 4.74 Å². The molecule has 0 N–H and O–H groups in total. The monoisotopic (exact) mass is 401 g/mol. The van der Waals surface area contributed by atoms with Gasteiger partial charge >= 0.3 is 11.9 Å². The summed E-state index contributed by atoms with van der Waals surface area (Å²) >= 11 is 5.96. The summed E-state index contributed by atoms with van der Waals surface area (Å²) in [5.74, 6) is -0.658. The fraction of sp³-hybridized carbons (Fsp3) is 0.150. The van der Waals surface area contributed by atoms with Gasteiger partial charge in [-0.25, -0.2) is 9.59 Å². The number of para-hydroxylation sites is 1. The molecule has 0 spiro atoms. The maximum Gasteiger partial charge on any atom is 0.349 e. The summed E-state index contributed by atoms with van der Waals surface area (Å²) < 4.78 is 20.3. The summed E-state index contributed by atoms with van der Waals surface area (Å²) in [5.41, 5.74) is 0.313. The number of halogens is 1. The van der Waals surface area contributed by atoms with E-state index in [4.69, 9.17) is 31.1 Å². The number of hydrogen-bond acceptors (Lipinski definition) is 7.